The Hall–Kier alpha value is -6.94. The number of hydrogen-bond donors (Lipinski definition) is 0. The molecule has 0 amide bonds. The van der Waals surface area contributed by atoms with Gasteiger partial charge in [0.25, 0.3) is 0 Å². The summed E-state index contributed by atoms with van der Waals surface area (Å²) in [5.74, 6) is 1.80. The largest absolute Gasteiger partial charge is 0.457 e. The van der Waals surface area contributed by atoms with Crippen LogP contribution in [0, 0.1) is 0 Å². The smallest absolute Gasteiger partial charge is 0.132 e. The number of ether oxygens (including phenoxy) is 1. The molecule has 3 heteroatoms. The molecular formula is C53H33NOS. The monoisotopic (exact) mass is 731 g/mol. The number of rotatable bonds is 4. The van der Waals surface area contributed by atoms with Crippen LogP contribution in [0.1, 0.15) is 22.3 Å². The summed E-state index contributed by atoms with van der Waals surface area (Å²) >= 11 is 1.87. The topological polar surface area (TPSA) is 12.5 Å². The molecule has 0 saturated carbocycles. The van der Waals surface area contributed by atoms with Gasteiger partial charge in [-0.3, -0.25) is 0 Å². The van der Waals surface area contributed by atoms with Crippen LogP contribution in [0.15, 0.2) is 200 Å². The maximum absolute atomic E-state index is 6.84. The summed E-state index contributed by atoms with van der Waals surface area (Å²) in [4.78, 5) is 2.48. The standard InChI is InChI=1S/C53H33NOS/c1-2-14-34(15-3-1)36-17-12-18-37(32-36)54(47-25-13-22-43-42-21-7-11-27-50(42)56-52(43)47)38-29-30-41-40-20-6-8-23-44(40)53(46(41)33-38)45-24-9-10-26-48(45)55-49-31-28-35-16-4-5-19-39(35)51(49)53/h1-33H. The molecule has 56 heavy (non-hydrogen) atoms. The van der Waals surface area contributed by atoms with Crippen molar-refractivity contribution in [1.82, 2.24) is 0 Å². The Morgan fingerprint density at radius 1 is 0.429 bits per heavy atom. The van der Waals surface area contributed by atoms with Gasteiger partial charge in [0, 0.05) is 38.0 Å². The van der Waals surface area contributed by atoms with Crippen LogP contribution in [0.5, 0.6) is 11.5 Å². The number of para-hydroxylation sites is 1. The third-order valence-electron chi connectivity index (χ3n) is 11.9. The van der Waals surface area contributed by atoms with Gasteiger partial charge in [-0.2, -0.15) is 0 Å². The lowest BCUT2D eigenvalue weighted by Crippen LogP contribution is -2.32. The Balaban J connectivity index is 1.18. The quantitative estimate of drug-likeness (QED) is 0.179. The molecule has 0 fully saturated rings. The molecule has 9 aromatic carbocycles. The third kappa shape index (κ3) is 4.38. The zero-order valence-electron chi connectivity index (χ0n) is 30.3. The van der Waals surface area contributed by atoms with Gasteiger partial charge in [0.2, 0.25) is 0 Å². The molecule has 2 heterocycles. The van der Waals surface area contributed by atoms with Crippen molar-refractivity contribution >= 4 is 59.3 Å². The zero-order chi connectivity index (χ0) is 36.8. The highest BCUT2D eigenvalue weighted by Gasteiger charge is 2.52. The summed E-state index contributed by atoms with van der Waals surface area (Å²) in [5.41, 5.74) is 12.5. The molecule has 12 rings (SSSR count). The molecule has 1 atom stereocenters. The van der Waals surface area contributed by atoms with E-state index in [1.54, 1.807) is 0 Å². The highest BCUT2D eigenvalue weighted by Crippen LogP contribution is 2.64. The molecule has 1 unspecified atom stereocenters. The van der Waals surface area contributed by atoms with Crippen molar-refractivity contribution in [3.63, 3.8) is 0 Å². The molecule has 2 nitrogen and oxygen atoms in total. The number of nitrogens with zero attached hydrogens (tertiary/aromatic N) is 1. The van der Waals surface area contributed by atoms with E-state index in [4.69, 9.17) is 4.74 Å². The van der Waals surface area contributed by atoms with Crippen molar-refractivity contribution in [2.24, 2.45) is 0 Å². The molecule has 1 aliphatic heterocycles. The Labute approximate surface area is 329 Å². The van der Waals surface area contributed by atoms with E-state index in [2.05, 4.69) is 205 Å². The van der Waals surface area contributed by atoms with Crippen molar-refractivity contribution in [3.8, 4) is 33.8 Å². The molecule has 0 N–H and O–H groups in total. The lowest BCUT2D eigenvalue weighted by molar-refractivity contribution is 0.438. The minimum Gasteiger partial charge on any atom is -0.457 e. The summed E-state index contributed by atoms with van der Waals surface area (Å²) in [6, 6.07) is 73.2. The molecule has 1 spiro atoms. The summed E-state index contributed by atoms with van der Waals surface area (Å²) in [6.07, 6.45) is 0. The normalized spacial score (nSPS) is 15.0. The highest BCUT2D eigenvalue weighted by atomic mass is 32.1. The lowest BCUT2D eigenvalue weighted by Gasteiger charge is -2.40. The first-order valence-corrected chi connectivity index (χ1v) is 20.0. The number of thiophene rings is 1. The van der Waals surface area contributed by atoms with Gasteiger partial charge in [-0.05, 0) is 92.7 Å². The molecular weight excluding hydrogens is 699 g/mol. The average molecular weight is 732 g/mol. The van der Waals surface area contributed by atoms with Crippen molar-refractivity contribution in [2.45, 2.75) is 5.41 Å². The van der Waals surface area contributed by atoms with Crippen molar-refractivity contribution in [2.75, 3.05) is 4.90 Å². The maximum atomic E-state index is 6.84. The van der Waals surface area contributed by atoms with Gasteiger partial charge < -0.3 is 9.64 Å². The SMILES string of the molecule is c1ccc(-c2cccc(N(c3ccc4c(c3)C3(c5ccccc5Oc5ccc6ccccc6c53)c3ccccc3-4)c3cccc4c3sc3ccccc34)c2)cc1. The first kappa shape index (κ1) is 31.4. The Bertz CT molecular complexity index is 3200. The van der Waals surface area contributed by atoms with Crippen LogP contribution in [0.2, 0.25) is 0 Å². The fourth-order valence-corrected chi connectivity index (χ4v) is 10.8. The molecule has 1 aliphatic carbocycles. The third-order valence-corrected chi connectivity index (χ3v) is 13.1. The Kier molecular flexibility index (Phi) is 6.75. The Morgan fingerprint density at radius 3 is 2.05 bits per heavy atom. The minimum absolute atomic E-state index is 0.617. The number of anilines is 3. The van der Waals surface area contributed by atoms with Gasteiger partial charge in [-0.1, -0.05) is 152 Å². The van der Waals surface area contributed by atoms with E-state index in [9.17, 15) is 0 Å². The van der Waals surface area contributed by atoms with E-state index in [1.807, 2.05) is 11.3 Å². The lowest BCUT2D eigenvalue weighted by atomic mass is 9.65. The summed E-state index contributed by atoms with van der Waals surface area (Å²) < 4.78 is 9.40. The first-order chi connectivity index (χ1) is 27.8. The highest BCUT2D eigenvalue weighted by molar-refractivity contribution is 7.26. The van der Waals surface area contributed by atoms with Crippen LogP contribution in [-0.4, -0.2) is 0 Å². The van der Waals surface area contributed by atoms with Crippen molar-refractivity contribution in [1.29, 1.82) is 0 Å². The fourth-order valence-electron chi connectivity index (χ4n) is 9.60. The summed E-state index contributed by atoms with van der Waals surface area (Å²) in [6.45, 7) is 0. The summed E-state index contributed by atoms with van der Waals surface area (Å²) in [5, 5.41) is 4.97. The second kappa shape index (κ2) is 12.0. The van der Waals surface area contributed by atoms with Crippen LogP contribution >= 0.6 is 11.3 Å². The van der Waals surface area contributed by atoms with Crippen LogP contribution in [0.25, 0.3) is 53.2 Å². The van der Waals surface area contributed by atoms with E-state index >= 15 is 0 Å². The van der Waals surface area contributed by atoms with Crippen LogP contribution in [0.4, 0.5) is 17.1 Å². The van der Waals surface area contributed by atoms with E-state index in [0.717, 1.165) is 34.1 Å². The van der Waals surface area contributed by atoms with Gasteiger partial charge in [0.15, 0.2) is 0 Å². The van der Waals surface area contributed by atoms with E-state index < -0.39 is 5.41 Å². The minimum atomic E-state index is -0.617. The van der Waals surface area contributed by atoms with Crippen LogP contribution in [0.3, 0.4) is 0 Å². The van der Waals surface area contributed by atoms with Crippen LogP contribution in [-0.2, 0) is 5.41 Å². The van der Waals surface area contributed by atoms with Crippen LogP contribution < -0.4 is 9.64 Å². The van der Waals surface area contributed by atoms with E-state index in [1.165, 1.54) is 69.9 Å². The molecule has 0 saturated heterocycles. The molecule has 262 valence electrons. The van der Waals surface area contributed by atoms with Gasteiger partial charge >= 0.3 is 0 Å². The van der Waals surface area contributed by atoms with Gasteiger partial charge in [0.1, 0.15) is 11.5 Å². The molecule has 1 aromatic heterocycles. The molecule has 0 radical (unpaired) electrons. The number of benzene rings is 9. The second-order valence-electron chi connectivity index (χ2n) is 14.8. The van der Waals surface area contributed by atoms with Crippen molar-refractivity contribution in [3.05, 3.63) is 222 Å². The van der Waals surface area contributed by atoms with Gasteiger partial charge in [-0.25, -0.2) is 0 Å². The maximum Gasteiger partial charge on any atom is 0.132 e. The molecule has 2 aliphatic rings. The van der Waals surface area contributed by atoms with Crippen molar-refractivity contribution < 1.29 is 4.74 Å². The summed E-state index contributed by atoms with van der Waals surface area (Å²) in [7, 11) is 0. The fraction of sp³-hybridized carbons (Fsp3) is 0.0189. The van der Waals surface area contributed by atoms with E-state index in [0.29, 0.717) is 0 Å². The van der Waals surface area contributed by atoms with Gasteiger partial charge in [0.05, 0.1) is 15.8 Å². The second-order valence-corrected chi connectivity index (χ2v) is 15.8. The zero-order valence-corrected chi connectivity index (χ0v) is 31.1. The predicted molar refractivity (Wildman–Crippen MR) is 234 cm³/mol. The number of hydrogen-bond acceptors (Lipinski definition) is 3. The molecule has 0 bridgehead atoms. The Morgan fingerprint density at radius 2 is 1.12 bits per heavy atom. The first-order valence-electron chi connectivity index (χ1n) is 19.2. The number of fused-ring (bicyclic) bond motifs is 14. The average Bonchev–Trinajstić information content (AvgIpc) is 3.78. The van der Waals surface area contributed by atoms with Gasteiger partial charge in [-0.15, -0.1) is 11.3 Å². The predicted octanol–water partition coefficient (Wildman–Crippen LogP) is 14.8. The molecule has 10 aromatic rings. The van der Waals surface area contributed by atoms with E-state index in [-0.39, 0.29) is 0 Å².